The highest BCUT2D eigenvalue weighted by Crippen LogP contribution is 2.27. The molecule has 1 N–H and O–H groups in total. The van der Waals surface area contributed by atoms with Crippen LogP contribution < -0.4 is 5.56 Å². The molecule has 1 saturated heterocycles. The molecule has 0 radical (unpaired) electrons. The van der Waals surface area contributed by atoms with E-state index in [0.717, 1.165) is 5.56 Å². The molecule has 0 spiro atoms. The molecule has 8 nitrogen and oxygen atoms in total. The largest absolute Gasteiger partial charge is 0.339 e. The number of benzene rings is 2. The summed E-state index contributed by atoms with van der Waals surface area (Å²) in [5.41, 5.74) is 1.73. The minimum Gasteiger partial charge on any atom is -0.339 e. The molecule has 0 saturated carbocycles. The lowest BCUT2D eigenvalue weighted by Gasteiger charge is -2.31. The number of nitrogens with zero attached hydrogens (tertiary/aromatic N) is 5. The SMILES string of the molecule is O=C(c1cccc(Cl)c1)N1CCC(c2nc3c(nnn3Cc3ccccc3Cl)c(=O)[nH]2)CC1. The zero-order chi connectivity index (χ0) is 22.9. The molecule has 0 aliphatic carbocycles. The highest BCUT2D eigenvalue weighted by Gasteiger charge is 2.27. The summed E-state index contributed by atoms with van der Waals surface area (Å²) in [4.78, 5) is 34.8. The maximum atomic E-state index is 12.8. The quantitative estimate of drug-likeness (QED) is 0.475. The molecule has 10 heteroatoms. The van der Waals surface area contributed by atoms with Crippen molar-refractivity contribution in [1.29, 1.82) is 0 Å². The number of hydrogen-bond acceptors (Lipinski definition) is 5. The number of H-pyrrole nitrogens is 1. The number of amides is 1. The van der Waals surface area contributed by atoms with Gasteiger partial charge in [-0.1, -0.05) is 52.7 Å². The highest BCUT2D eigenvalue weighted by atomic mass is 35.5. The second kappa shape index (κ2) is 8.96. The monoisotopic (exact) mass is 482 g/mol. The van der Waals surface area contributed by atoms with Gasteiger partial charge in [-0.3, -0.25) is 9.59 Å². The van der Waals surface area contributed by atoms with E-state index in [1.165, 1.54) is 0 Å². The number of hydrogen-bond donors (Lipinski definition) is 1. The van der Waals surface area contributed by atoms with Crippen LogP contribution in [0.15, 0.2) is 53.3 Å². The number of aromatic amines is 1. The van der Waals surface area contributed by atoms with Crippen LogP contribution in [-0.2, 0) is 6.54 Å². The number of carbonyl (C=O) groups excluding carboxylic acids is 1. The molecule has 1 aliphatic heterocycles. The molecule has 5 rings (SSSR count). The smallest absolute Gasteiger partial charge is 0.281 e. The van der Waals surface area contributed by atoms with Gasteiger partial charge in [-0.15, -0.1) is 5.10 Å². The molecule has 4 aromatic rings. The van der Waals surface area contributed by atoms with Gasteiger partial charge in [-0.05, 0) is 42.7 Å². The van der Waals surface area contributed by atoms with Crippen molar-refractivity contribution >= 4 is 40.3 Å². The predicted molar refractivity (Wildman–Crippen MR) is 126 cm³/mol. The van der Waals surface area contributed by atoms with Gasteiger partial charge in [0.15, 0.2) is 11.2 Å². The summed E-state index contributed by atoms with van der Waals surface area (Å²) in [7, 11) is 0. The molecular formula is C23H20Cl2N6O2. The molecule has 1 aliphatic rings. The zero-order valence-electron chi connectivity index (χ0n) is 17.5. The number of halogens is 2. The van der Waals surface area contributed by atoms with Gasteiger partial charge < -0.3 is 9.88 Å². The minimum atomic E-state index is -0.321. The fourth-order valence-corrected chi connectivity index (χ4v) is 4.52. The Balaban J connectivity index is 1.36. The molecule has 1 fully saturated rings. The Labute approximate surface area is 199 Å². The molecule has 2 aromatic carbocycles. The maximum Gasteiger partial charge on any atom is 0.281 e. The summed E-state index contributed by atoms with van der Waals surface area (Å²) < 4.78 is 1.59. The first-order valence-electron chi connectivity index (χ1n) is 10.6. The third-order valence-corrected chi connectivity index (χ3v) is 6.51. The van der Waals surface area contributed by atoms with E-state index >= 15 is 0 Å². The van der Waals surface area contributed by atoms with Gasteiger partial charge in [0.2, 0.25) is 0 Å². The first kappa shape index (κ1) is 21.6. The Kier molecular flexibility index (Phi) is 5.86. The number of carbonyl (C=O) groups is 1. The number of likely N-dealkylation sites (tertiary alicyclic amines) is 1. The summed E-state index contributed by atoms with van der Waals surface area (Å²) in [6.45, 7) is 1.49. The average Bonchev–Trinajstić information content (AvgIpc) is 3.23. The van der Waals surface area contributed by atoms with E-state index in [9.17, 15) is 9.59 Å². The molecular weight excluding hydrogens is 463 g/mol. The minimum absolute atomic E-state index is 0.0224. The van der Waals surface area contributed by atoms with Crippen molar-refractivity contribution in [3.63, 3.8) is 0 Å². The van der Waals surface area contributed by atoms with E-state index in [0.29, 0.717) is 59.6 Å². The summed E-state index contributed by atoms with van der Waals surface area (Å²) in [5.74, 6) is 0.564. The topological polar surface area (TPSA) is 96.8 Å². The Morgan fingerprint density at radius 3 is 2.64 bits per heavy atom. The Morgan fingerprint density at radius 2 is 1.88 bits per heavy atom. The fourth-order valence-electron chi connectivity index (χ4n) is 4.13. The number of fused-ring (bicyclic) bond motifs is 1. The van der Waals surface area contributed by atoms with Crippen molar-refractivity contribution in [2.24, 2.45) is 0 Å². The van der Waals surface area contributed by atoms with E-state index in [1.807, 2.05) is 23.1 Å². The lowest BCUT2D eigenvalue weighted by Crippen LogP contribution is -2.38. The van der Waals surface area contributed by atoms with Gasteiger partial charge >= 0.3 is 0 Å². The first-order valence-corrected chi connectivity index (χ1v) is 11.4. The molecule has 1 amide bonds. The first-order chi connectivity index (χ1) is 16.0. The van der Waals surface area contributed by atoms with E-state index in [2.05, 4.69) is 15.3 Å². The summed E-state index contributed by atoms with van der Waals surface area (Å²) in [6.07, 6.45) is 1.37. The number of aromatic nitrogens is 5. The standard InChI is InChI=1S/C23H20Cl2N6O2/c24-17-6-3-5-15(12-17)23(33)30-10-8-14(9-11-30)20-26-21-19(22(32)27-20)28-29-31(21)13-16-4-1-2-7-18(16)25/h1-7,12,14H,8-11,13H2,(H,26,27,32). The van der Waals surface area contributed by atoms with Crippen molar-refractivity contribution in [3.8, 4) is 0 Å². The molecule has 3 heterocycles. The van der Waals surface area contributed by atoms with E-state index < -0.39 is 0 Å². The summed E-state index contributed by atoms with van der Waals surface area (Å²) in [6, 6.07) is 14.4. The summed E-state index contributed by atoms with van der Waals surface area (Å²) >= 11 is 12.3. The van der Waals surface area contributed by atoms with Crippen LogP contribution in [0.3, 0.4) is 0 Å². The zero-order valence-corrected chi connectivity index (χ0v) is 19.1. The van der Waals surface area contributed by atoms with Crippen LogP contribution >= 0.6 is 23.2 Å². The number of rotatable bonds is 4. The van der Waals surface area contributed by atoms with E-state index in [1.54, 1.807) is 35.0 Å². The Morgan fingerprint density at radius 1 is 1.09 bits per heavy atom. The van der Waals surface area contributed by atoms with E-state index in [-0.39, 0.29) is 22.9 Å². The van der Waals surface area contributed by atoms with Gasteiger partial charge in [0.1, 0.15) is 5.82 Å². The van der Waals surface area contributed by atoms with Crippen LogP contribution in [0, 0.1) is 0 Å². The number of nitrogens with one attached hydrogen (secondary N) is 1. The van der Waals surface area contributed by atoms with Crippen LogP contribution in [-0.4, -0.2) is 48.9 Å². The van der Waals surface area contributed by atoms with Crippen molar-refractivity contribution in [3.05, 3.63) is 85.9 Å². The third-order valence-electron chi connectivity index (χ3n) is 5.91. The molecule has 168 valence electrons. The summed E-state index contributed by atoms with van der Waals surface area (Å²) in [5, 5.41) is 9.27. The Hall–Kier alpha value is -3.23. The van der Waals surface area contributed by atoms with Gasteiger partial charge in [0.25, 0.3) is 11.5 Å². The normalized spacial score (nSPS) is 14.7. The molecule has 0 unspecified atom stereocenters. The molecule has 2 aromatic heterocycles. The van der Waals surface area contributed by atoms with Crippen molar-refractivity contribution in [2.45, 2.75) is 25.3 Å². The molecule has 33 heavy (non-hydrogen) atoms. The van der Waals surface area contributed by atoms with Gasteiger partial charge in [0, 0.05) is 34.6 Å². The average molecular weight is 483 g/mol. The van der Waals surface area contributed by atoms with Crippen LogP contribution in [0.1, 0.15) is 40.5 Å². The van der Waals surface area contributed by atoms with Crippen molar-refractivity contribution < 1.29 is 4.79 Å². The highest BCUT2D eigenvalue weighted by molar-refractivity contribution is 6.31. The van der Waals surface area contributed by atoms with Crippen LogP contribution in [0.4, 0.5) is 0 Å². The maximum absolute atomic E-state index is 12.8. The molecule has 0 bridgehead atoms. The van der Waals surface area contributed by atoms with Crippen LogP contribution in [0.5, 0.6) is 0 Å². The van der Waals surface area contributed by atoms with E-state index in [4.69, 9.17) is 28.2 Å². The predicted octanol–water partition coefficient (Wildman–Crippen LogP) is 3.89. The third kappa shape index (κ3) is 4.36. The second-order valence-corrected chi connectivity index (χ2v) is 8.88. The fraction of sp³-hybridized carbons (Fsp3) is 0.261. The van der Waals surface area contributed by atoms with Crippen molar-refractivity contribution in [1.82, 2.24) is 29.9 Å². The lowest BCUT2D eigenvalue weighted by atomic mass is 9.95. The van der Waals surface area contributed by atoms with Gasteiger partial charge in [0.05, 0.1) is 6.54 Å². The second-order valence-electron chi connectivity index (χ2n) is 8.04. The van der Waals surface area contributed by atoms with Crippen LogP contribution in [0.2, 0.25) is 10.0 Å². The molecule has 0 atom stereocenters. The van der Waals surface area contributed by atoms with Crippen molar-refractivity contribution in [2.75, 3.05) is 13.1 Å². The van der Waals surface area contributed by atoms with Crippen LogP contribution in [0.25, 0.3) is 11.2 Å². The number of piperidine rings is 1. The Bertz CT molecular complexity index is 1390. The lowest BCUT2D eigenvalue weighted by molar-refractivity contribution is 0.0711. The van der Waals surface area contributed by atoms with Gasteiger partial charge in [-0.25, -0.2) is 9.67 Å². The van der Waals surface area contributed by atoms with Gasteiger partial charge in [-0.2, -0.15) is 0 Å².